The Balaban J connectivity index is 2.41. The molecule has 0 aromatic heterocycles. The number of hydrogen-bond donors (Lipinski definition) is 1. The molecule has 0 saturated heterocycles. The van der Waals surface area contributed by atoms with Crippen molar-refractivity contribution in [3.8, 4) is 0 Å². The third kappa shape index (κ3) is 1.60. The molecule has 0 fully saturated rings. The van der Waals surface area contributed by atoms with Gasteiger partial charge in [0.05, 0.1) is 5.56 Å². The summed E-state index contributed by atoms with van der Waals surface area (Å²) in [4.78, 5) is 0. The normalized spacial score (nSPS) is 14.8. The Hall–Kier alpha value is -1.45. The first-order valence-electron chi connectivity index (χ1n) is 4.19. The summed E-state index contributed by atoms with van der Waals surface area (Å²) in [6.07, 6.45) is -0.180. The van der Waals surface area contributed by atoms with E-state index in [4.69, 9.17) is 0 Å². The van der Waals surface area contributed by atoms with Gasteiger partial charge >= 0.3 is 6.18 Å². The highest BCUT2D eigenvalue weighted by Gasteiger charge is 2.30. The Morgan fingerprint density at radius 1 is 1.21 bits per heavy atom. The molecule has 0 spiro atoms. The molecule has 2 rings (SSSR count). The van der Waals surface area contributed by atoms with E-state index < -0.39 is 11.7 Å². The van der Waals surface area contributed by atoms with E-state index in [2.05, 4.69) is 5.32 Å². The predicted molar refractivity (Wildman–Crippen MR) is 47.9 cm³/mol. The second-order valence-electron chi connectivity index (χ2n) is 3.12. The average molecular weight is 199 g/mol. The van der Waals surface area contributed by atoms with Crippen molar-refractivity contribution in [1.29, 1.82) is 0 Å². The minimum Gasteiger partial charge on any atom is -0.362 e. The number of alkyl halides is 3. The van der Waals surface area contributed by atoms with Crippen LogP contribution >= 0.6 is 0 Å². The maximum absolute atomic E-state index is 12.3. The molecular weight excluding hydrogens is 191 g/mol. The van der Waals surface area contributed by atoms with Crippen LogP contribution in [-0.4, -0.2) is 0 Å². The van der Waals surface area contributed by atoms with Crippen LogP contribution in [0.5, 0.6) is 0 Å². The van der Waals surface area contributed by atoms with Gasteiger partial charge in [-0.15, -0.1) is 0 Å². The number of hydrogen-bond acceptors (Lipinski definition) is 1. The summed E-state index contributed by atoms with van der Waals surface area (Å²) < 4.78 is 37.0. The highest BCUT2D eigenvalue weighted by atomic mass is 19.4. The highest BCUT2D eigenvalue weighted by molar-refractivity contribution is 5.57. The van der Waals surface area contributed by atoms with Crippen molar-refractivity contribution in [1.82, 2.24) is 0 Å². The molecule has 0 aliphatic carbocycles. The van der Waals surface area contributed by atoms with Gasteiger partial charge in [0, 0.05) is 5.69 Å². The fourth-order valence-corrected chi connectivity index (χ4v) is 1.41. The van der Waals surface area contributed by atoms with Crippen LogP contribution < -0.4 is 5.32 Å². The van der Waals surface area contributed by atoms with Gasteiger partial charge in [0.1, 0.15) is 0 Å². The van der Waals surface area contributed by atoms with Crippen LogP contribution in [0.15, 0.2) is 30.5 Å². The third-order valence-electron chi connectivity index (χ3n) is 2.13. The van der Waals surface area contributed by atoms with Gasteiger partial charge in [-0.3, -0.25) is 0 Å². The summed E-state index contributed by atoms with van der Waals surface area (Å²) in [5.41, 5.74) is 0.844. The number of nitrogens with one attached hydrogen (secondary N) is 1. The van der Waals surface area contributed by atoms with Gasteiger partial charge in [0.15, 0.2) is 0 Å². The number of allylic oxidation sites excluding steroid dienone is 1. The molecule has 0 bridgehead atoms. The summed E-state index contributed by atoms with van der Waals surface area (Å²) in [5.74, 6) is 0. The van der Waals surface area contributed by atoms with E-state index in [0.717, 1.165) is 11.8 Å². The quantitative estimate of drug-likeness (QED) is 0.676. The van der Waals surface area contributed by atoms with Crippen molar-refractivity contribution in [3.63, 3.8) is 0 Å². The minimum atomic E-state index is -4.25. The maximum atomic E-state index is 12.3. The number of anilines is 1. The first-order chi connectivity index (χ1) is 6.57. The molecule has 0 amide bonds. The lowest BCUT2D eigenvalue weighted by Gasteiger charge is -2.15. The Morgan fingerprint density at radius 3 is 2.71 bits per heavy atom. The lowest BCUT2D eigenvalue weighted by atomic mass is 10.0. The molecule has 1 aromatic rings. The molecule has 1 nitrogen and oxygen atoms in total. The van der Waals surface area contributed by atoms with E-state index in [0.29, 0.717) is 12.0 Å². The standard InChI is InChI=1S/C10H8F3N/c11-10(12,13)8-3-4-9-7(6-8)2-1-5-14-9/h1,3-6,14H,2H2. The molecule has 14 heavy (non-hydrogen) atoms. The second-order valence-corrected chi connectivity index (χ2v) is 3.12. The fourth-order valence-electron chi connectivity index (χ4n) is 1.41. The zero-order valence-electron chi connectivity index (χ0n) is 7.23. The topological polar surface area (TPSA) is 12.0 Å². The van der Waals surface area contributed by atoms with E-state index >= 15 is 0 Å². The minimum absolute atomic E-state index is 0.548. The number of halogens is 3. The monoisotopic (exact) mass is 199 g/mol. The van der Waals surface area contributed by atoms with Crippen molar-refractivity contribution in [2.24, 2.45) is 0 Å². The van der Waals surface area contributed by atoms with Crippen LogP contribution in [0, 0.1) is 0 Å². The number of benzene rings is 1. The molecular formula is C10H8F3N. The van der Waals surface area contributed by atoms with Crippen molar-refractivity contribution in [2.75, 3.05) is 5.32 Å². The largest absolute Gasteiger partial charge is 0.416 e. The van der Waals surface area contributed by atoms with Gasteiger partial charge in [-0.25, -0.2) is 0 Å². The summed E-state index contributed by atoms with van der Waals surface area (Å²) in [6.45, 7) is 0. The van der Waals surface area contributed by atoms with Gasteiger partial charge in [0.2, 0.25) is 0 Å². The van der Waals surface area contributed by atoms with E-state index in [-0.39, 0.29) is 0 Å². The van der Waals surface area contributed by atoms with E-state index in [9.17, 15) is 13.2 Å². The van der Waals surface area contributed by atoms with Crippen molar-refractivity contribution < 1.29 is 13.2 Å². The van der Waals surface area contributed by atoms with Crippen molar-refractivity contribution in [3.05, 3.63) is 41.6 Å². The smallest absolute Gasteiger partial charge is 0.362 e. The molecule has 0 atom stereocenters. The van der Waals surface area contributed by atoms with E-state index in [1.54, 1.807) is 12.3 Å². The molecule has 0 radical (unpaired) electrons. The average Bonchev–Trinajstić information content (AvgIpc) is 2.16. The van der Waals surface area contributed by atoms with E-state index in [1.165, 1.54) is 12.1 Å². The first kappa shape index (κ1) is 9.12. The molecule has 1 heterocycles. The van der Waals surface area contributed by atoms with Gasteiger partial charge in [-0.1, -0.05) is 6.08 Å². The van der Waals surface area contributed by atoms with Gasteiger partial charge < -0.3 is 5.32 Å². The third-order valence-corrected chi connectivity index (χ3v) is 2.13. The Kier molecular flexibility index (Phi) is 1.98. The second kappa shape index (κ2) is 3.04. The lowest BCUT2D eigenvalue weighted by molar-refractivity contribution is -0.137. The molecule has 1 aliphatic heterocycles. The predicted octanol–water partition coefficient (Wildman–Crippen LogP) is 3.19. The summed E-state index contributed by atoms with van der Waals surface area (Å²) in [7, 11) is 0. The fraction of sp³-hybridized carbons (Fsp3) is 0.200. The van der Waals surface area contributed by atoms with E-state index in [1.807, 2.05) is 0 Å². The van der Waals surface area contributed by atoms with Crippen LogP contribution in [0.2, 0.25) is 0 Å². The van der Waals surface area contributed by atoms with Crippen molar-refractivity contribution in [2.45, 2.75) is 12.6 Å². The molecule has 4 heteroatoms. The van der Waals surface area contributed by atoms with Crippen LogP contribution in [-0.2, 0) is 12.6 Å². The van der Waals surface area contributed by atoms with Gasteiger partial charge in [-0.2, -0.15) is 13.2 Å². The first-order valence-corrected chi connectivity index (χ1v) is 4.19. The Bertz CT molecular complexity index is 379. The molecule has 74 valence electrons. The maximum Gasteiger partial charge on any atom is 0.416 e. The van der Waals surface area contributed by atoms with Crippen molar-refractivity contribution >= 4 is 5.69 Å². The van der Waals surface area contributed by atoms with Crippen LogP contribution in [0.3, 0.4) is 0 Å². The molecule has 0 saturated carbocycles. The molecule has 1 aromatic carbocycles. The van der Waals surface area contributed by atoms with Crippen LogP contribution in [0.1, 0.15) is 11.1 Å². The zero-order valence-corrected chi connectivity index (χ0v) is 7.23. The van der Waals surface area contributed by atoms with Gasteiger partial charge in [-0.05, 0) is 36.4 Å². The Labute approximate surface area is 79.2 Å². The number of rotatable bonds is 0. The highest BCUT2D eigenvalue weighted by Crippen LogP contribution is 2.32. The lowest BCUT2D eigenvalue weighted by Crippen LogP contribution is -2.07. The van der Waals surface area contributed by atoms with Crippen LogP contribution in [0.25, 0.3) is 0 Å². The summed E-state index contributed by atoms with van der Waals surface area (Å²) >= 11 is 0. The SMILES string of the molecule is FC(F)(F)c1ccc2c(c1)CC=CN2. The van der Waals surface area contributed by atoms with Gasteiger partial charge in [0.25, 0.3) is 0 Å². The molecule has 1 aliphatic rings. The summed E-state index contributed by atoms with van der Waals surface area (Å²) in [5, 5.41) is 2.89. The van der Waals surface area contributed by atoms with Crippen LogP contribution in [0.4, 0.5) is 18.9 Å². The molecule has 1 N–H and O–H groups in total. The zero-order chi connectivity index (χ0) is 10.2. The number of fused-ring (bicyclic) bond motifs is 1. The Morgan fingerprint density at radius 2 is 2.00 bits per heavy atom. The summed E-state index contributed by atoms with van der Waals surface area (Å²) in [6, 6.07) is 3.73. The molecule has 0 unspecified atom stereocenters.